The van der Waals surface area contributed by atoms with Crippen LogP contribution < -0.4 is 5.73 Å². The third-order valence-corrected chi connectivity index (χ3v) is 6.26. The van der Waals surface area contributed by atoms with Gasteiger partial charge in [0, 0.05) is 30.4 Å². The smallest absolute Gasteiger partial charge is 0.262 e. The fourth-order valence-corrected chi connectivity index (χ4v) is 5.00. The molecule has 0 aromatic carbocycles. The van der Waals surface area contributed by atoms with Gasteiger partial charge in [0.05, 0.1) is 0 Å². The summed E-state index contributed by atoms with van der Waals surface area (Å²) in [6.07, 6.45) is 1.05. The molecule has 3 unspecified atom stereocenters. The second-order valence-electron chi connectivity index (χ2n) is 5.97. The highest BCUT2D eigenvalue weighted by atomic mass is 32.2. The summed E-state index contributed by atoms with van der Waals surface area (Å²) in [6.45, 7) is 8.66. The van der Waals surface area contributed by atoms with Crippen molar-refractivity contribution >= 4 is 10.0 Å². The van der Waals surface area contributed by atoms with Gasteiger partial charge >= 0.3 is 0 Å². The molecule has 1 fully saturated rings. The second kappa shape index (κ2) is 5.46. The lowest BCUT2D eigenvalue weighted by molar-refractivity contribution is 0.157. The summed E-state index contributed by atoms with van der Waals surface area (Å²) in [6, 6.07) is -0.0150. The zero-order valence-electron chi connectivity index (χ0n) is 12.5. The lowest BCUT2D eigenvalue weighted by Crippen LogP contribution is -2.49. The van der Waals surface area contributed by atoms with Gasteiger partial charge in [-0.1, -0.05) is 13.8 Å². The number of aryl methyl sites for hydroxylation is 1. The van der Waals surface area contributed by atoms with Crippen molar-refractivity contribution in [1.82, 2.24) is 14.5 Å². The monoisotopic (exact) mass is 300 g/mol. The maximum Gasteiger partial charge on any atom is 0.262 e. The van der Waals surface area contributed by atoms with E-state index in [1.165, 1.54) is 0 Å². The summed E-state index contributed by atoms with van der Waals surface area (Å²) in [4.78, 5) is 0. The number of aromatic amines is 1. The summed E-state index contributed by atoms with van der Waals surface area (Å²) in [7, 11) is -3.59. The number of hydrogen-bond acceptors (Lipinski definition) is 4. The first kappa shape index (κ1) is 15.5. The van der Waals surface area contributed by atoms with E-state index >= 15 is 0 Å². The first-order valence-corrected chi connectivity index (χ1v) is 8.48. The number of nitrogens with one attached hydrogen (secondary N) is 1. The molecule has 3 atom stereocenters. The van der Waals surface area contributed by atoms with Crippen molar-refractivity contribution in [2.45, 2.75) is 51.7 Å². The van der Waals surface area contributed by atoms with Gasteiger partial charge in [-0.3, -0.25) is 5.10 Å². The van der Waals surface area contributed by atoms with Crippen LogP contribution in [0.15, 0.2) is 5.03 Å². The SMILES string of the molecule is Cc1[nH]nc(S(=O)(=O)N2CC(C)CC(C)C2C)c1CN. The maximum absolute atomic E-state index is 12.9. The Morgan fingerprint density at radius 1 is 1.40 bits per heavy atom. The highest BCUT2D eigenvalue weighted by Crippen LogP contribution is 2.32. The first-order chi connectivity index (χ1) is 9.28. The van der Waals surface area contributed by atoms with E-state index in [4.69, 9.17) is 5.73 Å². The first-order valence-electron chi connectivity index (χ1n) is 7.04. The molecule has 20 heavy (non-hydrogen) atoms. The summed E-state index contributed by atoms with van der Waals surface area (Å²) < 4.78 is 27.3. The molecule has 2 rings (SSSR count). The number of H-pyrrole nitrogens is 1. The maximum atomic E-state index is 12.9. The fraction of sp³-hybridized carbons (Fsp3) is 0.769. The Morgan fingerprint density at radius 2 is 2.05 bits per heavy atom. The van der Waals surface area contributed by atoms with Gasteiger partial charge in [0.15, 0.2) is 5.03 Å². The molecule has 1 aromatic rings. The van der Waals surface area contributed by atoms with Gasteiger partial charge in [0.25, 0.3) is 10.0 Å². The van der Waals surface area contributed by atoms with E-state index in [1.54, 1.807) is 11.2 Å². The van der Waals surface area contributed by atoms with Crippen molar-refractivity contribution in [3.05, 3.63) is 11.3 Å². The summed E-state index contributed by atoms with van der Waals surface area (Å²) >= 11 is 0. The number of nitrogens with zero attached hydrogens (tertiary/aromatic N) is 2. The number of rotatable bonds is 3. The predicted octanol–water partition coefficient (Wildman–Crippen LogP) is 1.23. The van der Waals surface area contributed by atoms with E-state index in [9.17, 15) is 8.42 Å². The van der Waals surface area contributed by atoms with Crippen LogP contribution in [0.2, 0.25) is 0 Å². The Bertz CT molecular complexity index is 581. The molecule has 0 saturated carbocycles. The standard InChI is InChI=1S/C13H24N4O2S/c1-8-5-9(2)11(4)17(7-8)20(18,19)13-12(6-14)10(3)15-16-13/h8-9,11H,5-7,14H2,1-4H3,(H,15,16). The van der Waals surface area contributed by atoms with Crippen LogP contribution in [0.3, 0.4) is 0 Å². The van der Waals surface area contributed by atoms with Crippen LogP contribution in [0.4, 0.5) is 0 Å². The highest BCUT2D eigenvalue weighted by molar-refractivity contribution is 7.89. The minimum Gasteiger partial charge on any atom is -0.326 e. The average molecular weight is 300 g/mol. The van der Waals surface area contributed by atoms with Crippen LogP contribution >= 0.6 is 0 Å². The van der Waals surface area contributed by atoms with Gasteiger partial charge in [-0.25, -0.2) is 8.42 Å². The van der Waals surface area contributed by atoms with Gasteiger partial charge in [-0.15, -0.1) is 0 Å². The van der Waals surface area contributed by atoms with Crippen LogP contribution in [0, 0.1) is 18.8 Å². The minimum absolute atomic E-state index is 0.0150. The molecule has 0 bridgehead atoms. The molecule has 2 heterocycles. The van der Waals surface area contributed by atoms with Crippen molar-refractivity contribution in [3.63, 3.8) is 0 Å². The summed E-state index contributed by atoms with van der Waals surface area (Å²) in [5.74, 6) is 0.701. The van der Waals surface area contributed by atoms with Crippen LogP contribution in [0.5, 0.6) is 0 Å². The van der Waals surface area contributed by atoms with E-state index in [1.807, 2.05) is 6.92 Å². The Balaban J connectivity index is 2.43. The molecule has 0 amide bonds. The largest absolute Gasteiger partial charge is 0.326 e. The summed E-state index contributed by atoms with van der Waals surface area (Å²) in [5.41, 5.74) is 6.97. The van der Waals surface area contributed by atoms with Crippen LogP contribution in [-0.2, 0) is 16.6 Å². The van der Waals surface area contributed by atoms with E-state index in [-0.39, 0.29) is 17.6 Å². The Kier molecular flexibility index (Phi) is 4.22. The predicted molar refractivity (Wildman–Crippen MR) is 77.5 cm³/mol. The van der Waals surface area contributed by atoms with E-state index < -0.39 is 10.0 Å². The molecule has 0 radical (unpaired) electrons. The lowest BCUT2D eigenvalue weighted by atomic mass is 9.88. The van der Waals surface area contributed by atoms with Crippen molar-refractivity contribution in [2.75, 3.05) is 6.54 Å². The number of nitrogens with two attached hydrogens (primary N) is 1. The fourth-order valence-electron chi connectivity index (χ4n) is 2.98. The molecule has 114 valence electrons. The molecule has 1 aliphatic rings. The number of sulfonamides is 1. The summed E-state index contributed by atoms with van der Waals surface area (Å²) in [5, 5.41) is 6.81. The second-order valence-corrected chi connectivity index (χ2v) is 7.78. The molecular weight excluding hydrogens is 276 g/mol. The van der Waals surface area contributed by atoms with Crippen molar-refractivity contribution in [3.8, 4) is 0 Å². The number of aromatic nitrogens is 2. The van der Waals surface area contributed by atoms with E-state index in [0.29, 0.717) is 23.9 Å². The molecule has 1 saturated heterocycles. The minimum atomic E-state index is -3.59. The third kappa shape index (κ3) is 2.49. The van der Waals surface area contributed by atoms with Crippen molar-refractivity contribution in [1.29, 1.82) is 0 Å². The Hall–Kier alpha value is -0.920. The molecule has 7 heteroatoms. The molecular formula is C13H24N4O2S. The quantitative estimate of drug-likeness (QED) is 0.878. The Morgan fingerprint density at radius 3 is 2.65 bits per heavy atom. The average Bonchev–Trinajstić information content (AvgIpc) is 2.75. The van der Waals surface area contributed by atoms with Gasteiger partial charge < -0.3 is 5.73 Å². The van der Waals surface area contributed by atoms with E-state index in [2.05, 4.69) is 24.0 Å². The highest BCUT2D eigenvalue weighted by Gasteiger charge is 2.39. The lowest BCUT2D eigenvalue weighted by Gasteiger charge is -2.39. The molecule has 0 aliphatic carbocycles. The van der Waals surface area contributed by atoms with Gasteiger partial charge in [0.2, 0.25) is 0 Å². The van der Waals surface area contributed by atoms with Crippen LogP contribution in [0.25, 0.3) is 0 Å². The van der Waals surface area contributed by atoms with Crippen LogP contribution in [0.1, 0.15) is 38.4 Å². The molecule has 3 N–H and O–H groups in total. The molecule has 1 aromatic heterocycles. The molecule has 6 nitrogen and oxygen atoms in total. The third-order valence-electron chi connectivity index (χ3n) is 4.34. The Labute approximate surface area is 120 Å². The van der Waals surface area contributed by atoms with E-state index in [0.717, 1.165) is 12.1 Å². The van der Waals surface area contributed by atoms with Gasteiger partial charge in [-0.2, -0.15) is 9.40 Å². The van der Waals surface area contributed by atoms with Crippen molar-refractivity contribution in [2.24, 2.45) is 17.6 Å². The topological polar surface area (TPSA) is 92.1 Å². The van der Waals surface area contributed by atoms with Crippen molar-refractivity contribution < 1.29 is 8.42 Å². The number of hydrogen-bond donors (Lipinski definition) is 2. The number of piperidine rings is 1. The normalized spacial score (nSPS) is 28.8. The van der Waals surface area contributed by atoms with Crippen LogP contribution in [-0.4, -0.2) is 35.5 Å². The molecule has 0 spiro atoms. The van der Waals surface area contributed by atoms with Gasteiger partial charge in [0.1, 0.15) is 0 Å². The molecule has 1 aliphatic heterocycles. The van der Waals surface area contributed by atoms with Gasteiger partial charge in [-0.05, 0) is 32.1 Å². The zero-order chi connectivity index (χ0) is 15.1. The zero-order valence-corrected chi connectivity index (χ0v) is 13.4.